The third-order valence-electron chi connectivity index (χ3n) is 2.68. The van der Waals surface area contributed by atoms with E-state index in [1.54, 1.807) is 13.3 Å². The molecule has 0 bridgehead atoms. The Hall–Kier alpha value is -1.03. The summed E-state index contributed by atoms with van der Waals surface area (Å²) in [5, 5.41) is 4.34. The van der Waals surface area contributed by atoms with Gasteiger partial charge in [-0.25, -0.2) is 0 Å². The number of hydrogen-bond acceptors (Lipinski definition) is 3. The molecule has 0 saturated heterocycles. The highest BCUT2D eigenvalue weighted by atomic mass is 16.5. The smallest absolute Gasteiger partial charge is 0.161 e. The summed E-state index contributed by atoms with van der Waals surface area (Å²) >= 11 is 0. The van der Waals surface area contributed by atoms with Crippen LogP contribution in [0.3, 0.4) is 0 Å². The van der Waals surface area contributed by atoms with E-state index in [1.807, 2.05) is 4.68 Å². The predicted molar refractivity (Wildman–Crippen MR) is 70.1 cm³/mol. The Kier molecular flexibility index (Phi) is 4.57. The molecule has 1 aromatic heterocycles. The second-order valence-electron chi connectivity index (χ2n) is 5.69. The number of rotatable bonds is 5. The van der Waals surface area contributed by atoms with Crippen molar-refractivity contribution in [3.8, 4) is 5.75 Å². The molecule has 4 heteroatoms. The van der Waals surface area contributed by atoms with Crippen molar-refractivity contribution in [2.75, 3.05) is 7.11 Å². The lowest BCUT2D eigenvalue weighted by atomic mass is 9.87. The van der Waals surface area contributed by atoms with Gasteiger partial charge in [0.2, 0.25) is 0 Å². The van der Waals surface area contributed by atoms with Gasteiger partial charge in [-0.05, 0) is 18.3 Å². The minimum atomic E-state index is -0.0287. The lowest BCUT2D eigenvalue weighted by Crippen LogP contribution is -2.22. The first-order valence-electron chi connectivity index (χ1n) is 6.24. The van der Waals surface area contributed by atoms with Gasteiger partial charge in [-0.2, -0.15) is 5.10 Å². The van der Waals surface area contributed by atoms with Gasteiger partial charge in [0.1, 0.15) is 0 Å². The molecule has 0 amide bonds. The molecule has 2 N–H and O–H groups in total. The van der Waals surface area contributed by atoms with Gasteiger partial charge in [-0.15, -0.1) is 0 Å². The maximum Gasteiger partial charge on any atom is 0.161 e. The largest absolute Gasteiger partial charge is 0.493 e. The van der Waals surface area contributed by atoms with Crippen LogP contribution in [0.4, 0.5) is 0 Å². The van der Waals surface area contributed by atoms with E-state index in [9.17, 15) is 0 Å². The highest BCUT2D eigenvalue weighted by Gasteiger charge is 2.23. The first kappa shape index (κ1) is 14.0. The Bertz CT molecular complexity index is 352. The highest BCUT2D eigenvalue weighted by Crippen LogP contribution is 2.32. The average Bonchev–Trinajstić information content (AvgIpc) is 2.58. The van der Waals surface area contributed by atoms with E-state index in [0.717, 1.165) is 30.8 Å². The van der Waals surface area contributed by atoms with E-state index in [4.69, 9.17) is 10.5 Å². The molecule has 0 aromatic carbocycles. The van der Waals surface area contributed by atoms with Crippen molar-refractivity contribution in [2.45, 2.75) is 53.1 Å². The van der Waals surface area contributed by atoms with Crippen LogP contribution in [0.25, 0.3) is 0 Å². The summed E-state index contributed by atoms with van der Waals surface area (Å²) < 4.78 is 7.31. The molecule has 0 aliphatic heterocycles. The first-order chi connectivity index (χ1) is 7.89. The molecule has 1 aromatic rings. The SMILES string of the molecule is CCCn1ncc(OC)c1C(N)CC(C)(C)C. The minimum absolute atomic E-state index is 0.0287. The molecule has 0 radical (unpaired) electrons. The molecule has 0 spiro atoms. The van der Waals surface area contributed by atoms with E-state index in [0.29, 0.717) is 0 Å². The minimum Gasteiger partial charge on any atom is -0.493 e. The summed E-state index contributed by atoms with van der Waals surface area (Å²) in [5.41, 5.74) is 7.51. The van der Waals surface area contributed by atoms with Crippen molar-refractivity contribution in [3.05, 3.63) is 11.9 Å². The number of ether oxygens (including phenoxy) is 1. The van der Waals surface area contributed by atoms with Gasteiger partial charge >= 0.3 is 0 Å². The number of nitrogens with two attached hydrogens (primary N) is 1. The zero-order chi connectivity index (χ0) is 13.1. The maximum atomic E-state index is 6.29. The zero-order valence-electron chi connectivity index (χ0n) is 11.7. The summed E-state index contributed by atoms with van der Waals surface area (Å²) in [5.74, 6) is 0.801. The topological polar surface area (TPSA) is 53.1 Å². The summed E-state index contributed by atoms with van der Waals surface area (Å²) in [4.78, 5) is 0. The van der Waals surface area contributed by atoms with Crippen LogP contribution in [0, 0.1) is 5.41 Å². The van der Waals surface area contributed by atoms with Crippen molar-refractivity contribution in [3.63, 3.8) is 0 Å². The lowest BCUT2D eigenvalue weighted by molar-refractivity contribution is 0.324. The van der Waals surface area contributed by atoms with E-state index >= 15 is 0 Å². The molecule has 17 heavy (non-hydrogen) atoms. The fourth-order valence-electron chi connectivity index (χ4n) is 2.06. The van der Waals surface area contributed by atoms with Crippen LogP contribution in [0.2, 0.25) is 0 Å². The Morgan fingerprint density at radius 1 is 1.47 bits per heavy atom. The molecule has 1 atom stereocenters. The van der Waals surface area contributed by atoms with Crippen molar-refractivity contribution in [1.29, 1.82) is 0 Å². The Morgan fingerprint density at radius 2 is 2.12 bits per heavy atom. The maximum absolute atomic E-state index is 6.29. The molecule has 1 unspecified atom stereocenters. The van der Waals surface area contributed by atoms with E-state index < -0.39 is 0 Å². The van der Waals surface area contributed by atoms with Crippen molar-refractivity contribution in [1.82, 2.24) is 9.78 Å². The predicted octanol–water partition coefficient (Wildman–Crippen LogP) is 2.74. The zero-order valence-corrected chi connectivity index (χ0v) is 11.7. The number of nitrogens with zero attached hydrogens (tertiary/aromatic N) is 2. The van der Waals surface area contributed by atoms with E-state index in [2.05, 4.69) is 32.8 Å². The number of aromatic nitrogens is 2. The van der Waals surface area contributed by atoms with Gasteiger partial charge < -0.3 is 10.5 Å². The Morgan fingerprint density at radius 3 is 2.59 bits per heavy atom. The Balaban J connectivity index is 2.96. The van der Waals surface area contributed by atoms with Gasteiger partial charge in [0.15, 0.2) is 5.75 Å². The summed E-state index contributed by atoms with van der Waals surface area (Å²) in [6.45, 7) is 9.60. The molecule has 1 rings (SSSR count). The fourth-order valence-corrected chi connectivity index (χ4v) is 2.06. The van der Waals surface area contributed by atoms with Crippen molar-refractivity contribution in [2.24, 2.45) is 11.1 Å². The first-order valence-corrected chi connectivity index (χ1v) is 6.24. The van der Waals surface area contributed by atoms with Crippen LogP contribution in [0.1, 0.15) is 52.3 Å². The molecule has 0 fully saturated rings. The van der Waals surface area contributed by atoms with Gasteiger partial charge in [-0.1, -0.05) is 27.7 Å². The average molecular weight is 239 g/mol. The molecule has 0 aliphatic carbocycles. The molecule has 98 valence electrons. The van der Waals surface area contributed by atoms with Crippen LogP contribution < -0.4 is 10.5 Å². The van der Waals surface area contributed by atoms with Crippen LogP contribution in [-0.2, 0) is 6.54 Å². The van der Waals surface area contributed by atoms with Crippen molar-refractivity contribution >= 4 is 0 Å². The number of aryl methyl sites for hydroxylation is 1. The van der Waals surface area contributed by atoms with Gasteiger partial charge in [-0.3, -0.25) is 4.68 Å². The highest BCUT2D eigenvalue weighted by molar-refractivity contribution is 5.28. The summed E-state index contributed by atoms with van der Waals surface area (Å²) in [6.07, 6.45) is 3.71. The standard InChI is InChI=1S/C13H25N3O/c1-6-7-16-12(11(17-5)9-15-16)10(14)8-13(2,3)4/h9-10H,6-8,14H2,1-5H3. The lowest BCUT2D eigenvalue weighted by Gasteiger charge is -2.24. The third-order valence-corrected chi connectivity index (χ3v) is 2.68. The molecular weight excluding hydrogens is 214 g/mol. The van der Waals surface area contributed by atoms with Crippen molar-refractivity contribution < 1.29 is 4.74 Å². The van der Waals surface area contributed by atoms with Crippen LogP contribution in [0.15, 0.2) is 6.20 Å². The third kappa shape index (κ3) is 3.73. The van der Waals surface area contributed by atoms with Gasteiger partial charge in [0.05, 0.1) is 25.0 Å². The Labute approximate surface area is 104 Å². The quantitative estimate of drug-likeness (QED) is 0.859. The number of hydrogen-bond donors (Lipinski definition) is 1. The van der Waals surface area contributed by atoms with Crippen LogP contribution >= 0.6 is 0 Å². The normalized spacial score (nSPS) is 13.8. The second kappa shape index (κ2) is 5.54. The molecular formula is C13H25N3O. The molecule has 1 heterocycles. The second-order valence-corrected chi connectivity index (χ2v) is 5.69. The van der Waals surface area contributed by atoms with E-state index in [1.165, 1.54) is 0 Å². The molecule has 4 nitrogen and oxygen atoms in total. The summed E-state index contributed by atoms with van der Waals surface area (Å²) in [6, 6.07) is -0.0287. The van der Waals surface area contributed by atoms with Gasteiger partial charge in [0.25, 0.3) is 0 Å². The fraction of sp³-hybridized carbons (Fsp3) is 0.769. The van der Waals surface area contributed by atoms with Crippen LogP contribution in [0.5, 0.6) is 5.75 Å². The monoisotopic (exact) mass is 239 g/mol. The molecule has 0 aliphatic rings. The van der Waals surface area contributed by atoms with Crippen LogP contribution in [-0.4, -0.2) is 16.9 Å². The number of methoxy groups -OCH3 is 1. The van der Waals surface area contributed by atoms with E-state index in [-0.39, 0.29) is 11.5 Å². The molecule has 0 saturated carbocycles. The summed E-state index contributed by atoms with van der Waals surface area (Å²) in [7, 11) is 1.67. The van der Waals surface area contributed by atoms with Gasteiger partial charge in [0, 0.05) is 6.54 Å².